The first-order valence-electron chi connectivity index (χ1n) is 5.84. The molecule has 0 heterocycles. The Morgan fingerprint density at radius 3 is 2.06 bits per heavy atom. The summed E-state index contributed by atoms with van der Waals surface area (Å²) in [6, 6.07) is 5.11. The molecule has 2 N–H and O–H groups in total. The van der Waals surface area contributed by atoms with Crippen LogP contribution in [0.3, 0.4) is 0 Å². The number of hydrogen-bond acceptors (Lipinski definition) is 2. The Hall–Kier alpha value is -1.07. The lowest BCUT2D eigenvalue weighted by Crippen LogP contribution is -2.33. The van der Waals surface area contributed by atoms with Gasteiger partial charge >= 0.3 is 6.18 Å². The van der Waals surface area contributed by atoms with Gasteiger partial charge in [-0.3, -0.25) is 0 Å². The Kier molecular flexibility index (Phi) is 4.76. The highest BCUT2D eigenvalue weighted by atomic mass is 19.4. The number of hydrogen-bond donors (Lipinski definition) is 1. The standard InChI is InChI=1S/C13H19F3N2/c1-9(2)18(3)8-12(17)10-4-6-11(7-5-10)13(14,15)16/h4-7,9,12H,8,17H2,1-3H3. The van der Waals surface area contributed by atoms with Crippen molar-refractivity contribution in [3.05, 3.63) is 35.4 Å². The van der Waals surface area contributed by atoms with Crippen LogP contribution in [0.15, 0.2) is 24.3 Å². The van der Waals surface area contributed by atoms with Gasteiger partial charge in [0, 0.05) is 18.6 Å². The second-order valence-electron chi connectivity index (χ2n) is 4.76. The molecule has 0 saturated heterocycles. The van der Waals surface area contributed by atoms with Crippen molar-refractivity contribution < 1.29 is 13.2 Å². The topological polar surface area (TPSA) is 29.3 Å². The summed E-state index contributed by atoms with van der Waals surface area (Å²) in [7, 11) is 1.94. The fraction of sp³-hybridized carbons (Fsp3) is 0.538. The molecule has 18 heavy (non-hydrogen) atoms. The molecule has 1 aromatic rings. The summed E-state index contributed by atoms with van der Waals surface area (Å²) in [6.45, 7) is 4.70. The molecule has 0 spiro atoms. The molecule has 1 atom stereocenters. The van der Waals surface area contributed by atoms with Crippen molar-refractivity contribution in [1.29, 1.82) is 0 Å². The minimum atomic E-state index is -4.29. The van der Waals surface area contributed by atoms with E-state index in [1.165, 1.54) is 12.1 Å². The predicted molar refractivity (Wildman–Crippen MR) is 66.1 cm³/mol. The van der Waals surface area contributed by atoms with Gasteiger partial charge in [-0.05, 0) is 38.6 Å². The van der Waals surface area contributed by atoms with E-state index in [-0.39, 0.29) is 6.04 Å². The number of halogens is 3. The van der Waals surface area contributed by atoms with Crippen molar-refractivity contribution in [3.8, 4) is 0 Å². The molecule has 2 nitrogen and oxygen atoms in total. The van der Waals surface area contributed by atoms with Gasteiger partial charge in [-0.15, -0.1) is 0 Å². The second-order valence-corrected chi connectivity index (χ2v) is 4.76. The van der Waals surface area contributed by atoms with Crippen molar-refractivity contribution in [2.45, 2.75) is 32.1 Å². The van der Waals surface area contributed by atoms with Crippen molar-refractivity contribution >= 4 is 0 Å². The van der Waals surface area contributed by atoms with Crippen LogP contribution in [0.1, 0.15) is 31.0 Å². The zero-order chi connectivity index (χ0) is 13.9. The maximum Gasteiger partial charge on any atom is 0.416 e. The Bertz CT molecular complexity index is 371. The van der Waals surface area contributed by atoms with Crippen molar-refractivity contribution in [2.24, 2.45) is 5.73 Å². The van der Waals surface area contributed by atoms with E-state index >= 15 is 0 Å². The first-order chi connectivity index (χ1) is 8.21. The zero-order valence-corrected chi connectivity index (χ0v) is 10.8. The summed E-state index contributed by atoms with van der Waals surface area (Å²) < 4.78 is 37.2. The van der Waals surface area contributed by atoms with E-state index in [0.717, 1.165) is 17.7 Å². The smallest absolute Gasteiger partial charge is 0.323 e. The normalized spacial score (nSPS) is 14.3. The van der Waals surface area contributed by atoms with Crippen LogP contribution in [-0.4, -0.2) is 24.5 Å². The molecule has 0 bridgehead atoms. The highest BCUT2D eigenvalue weighted by molar-refractivity contribution is 5.26. The summed E-state index contributed by atoms with van der Waals surface area (Å²) in [5, 5.41) is 0. The zero-order valence-electron chi connectivity index (χ0n) is 10.8. The van der Waals surface area contributed by atoms with Gasteiger partial charge in [0.2, 0.25) is 0 Å². The van der Waals surface area contributed by atoms with Gasteiger partial charge in [-0.1, -0.05) is 12.1 Å². The molecule has 0 saturated carbocycles. The molecule has 0 aliphatic rings. The molecule has 0 aliphatic carbocycles. The van der Waals surface area contributed by atoms with E-state index in [1.54, 1.807) is 0 Å². The molecule has 0 radical (unpaired) electrons. The Morgan fingerprint density at radius 2 is 1.67 bits per heavy atom. The highest BCUT2D eigenvalue weighted by Crippen LogP contribution is 2.29. The molecule has 1 unspecified atom stereocenters. The van der Waals surface area contributed by atoms with Crippen LogP contribution in [-0.2, 0) is 6.18 Å². The summed E-state index contributed by atoms with van der Waals surface area (Å²) >= 11 is 0. The number of alkyl halides is 3. The van der Waals surface area contributed by atoms with Gasteiger partial charge in [0.05, 0.1) is 5.56 Å². The molecule has 0 aromatic heterocycles. The van der Waals surface area contributed by atoms with E-state index < -0.39 is 11.7 Å². The Balaban J connectivity index is 2.73. The summed E-state index contributed by atoms with van der Waals surface area (Å²) in [4.78, 5) is 2.06. The van der Waals surface area contributed by atoms with Crippen LogP contribution in [0.5, 0.6) is 0 Å². The third-order valence-electron chi connectivity index (χ3n) is 3.03. The highest BCUT2D eigenvalue weighted by Gasteiger charge is 2.30. The fourth-order valence-electron chi connectivity index (χ4n) is 1.55. The van der Waals surface area contributed by atoms with Gasteiger partial charge in [0.25, 0.3) is 0 Å². The minimum absolute atomic E-state index is 0.278. The lowest BCUT2D eigenvalue weighted by molar-refractivity contribution is -0.137. The predicted octanol–water partition coefficient (Wildman–Crippen LogP) is 3.05. The lowest BCUT2D eigenvalue weighted by atomic mass is 10.0. The molecular formula is C13H19F3N2. The molecule has 5 heteroatoms. The largest absolute Gasteiger partial charge is 0.416 e. The van der Waals surface area contributed by atoms with E-state index in [0.29, 0.717) is 12.6 Å². The molecule has 0 aliphatic heterocycles. The summed E-state index contributed by atoms with van der Waals surface area (Å²) in [5.74, 6) is 0. The van der Waals surface area contributed by atoms with Crippen molar-refractivity contribution in [2.75, 3.05) is 13.6 Å². The third kappa shape index (κ3) is 3.99. The molecule has 102 valence electrons. The average molecular weight is 260 g/mol. The van der Waals surface area contributed by atoms with Crippen LogP contribution in [0.4, 0.5) is 13.2 Å². The first-order valence-corrected chi connectivity index (χ1v) is 5.84. The Morgan fingerprint density at radius 1 is 1.17 bits per heavy atom. The van der Waals surface area contributed by atoms with Gasteiger partial charge in [-0.25, -0.2) is 0 Å². The second kappa shape index (κ2) is 5.71. The van der Waals surface area contributed by atoms with E-state index in [2.05, 4.69) is 4.90 Å². The number of rotatable bonds is 4. The van der Waals surface area contributed by atoms with Crippen molar-refractivity contribution in [1.82, 2.24) is 4.90 Å². The fourth-order valence-corrected chi connectivity index (χ4v) is 1.55. The maximum atomic E-state index is 12.4. The van der Waals surface area contributed by atoms with Crippen molar-refractivity contribution in [3.63, 3.8) is 0 Å². The molecular weight excluding hydrogens is 241 g/mol. The maximum absolute atomic E-state index is 12.4. The number of nitrogens with two attached hydrogens (primary N) is 1. The SMILES string of the molecule is CC(C)N(C)CC(N)c1ccc(C(F)(F)F)cc1. The molecule has 0 fully saturated rings. The van der Waals surface area contributed by atoms with Gasteiger partial charge < -0.3 is 10.6 Å². The first kappa shape index (κ1) is 15.0. The lowest BCUT2D eigenvalue weighted by Gasteiger charge is -2.25. The minimum Gasteiger partial charge on any atom is -0.323 e. The summed E-state index contributed by atoms with van der Waals surface area (Å²) in [6.07, 6.45) is -4.29. The van der Waals surface area contributed by atoms with Crippen LogP contribution in [0, 0.1) is 0 Å². The van der Waals surface area contributed by atoms with Crippen LogP contribution in [0.25, 0.3) is 0 Å². The molecule has 1 rings (SSSR count). The third-order valence-corrected chi connectivity index (χ3v) is 3.03. The van der Waals surface area contributed by atoms with E-state index in [4.69, 9.17) is 5.73 Å². The quantitative estimate of drug-likeness (QED) is 0.901. The number of likely N-dealkylation sites (N-methyl/N-ethyl adjacent to an activating group) is 1. The molecule has 0 amide bonds. The number of benzene rings is 1. The van der Waals surface area contributed by atoms with Crippen LogP contribution < -0.4 is 5.73 Å². The average Bonchev–Trinajstić information content (AvgIpc) is 2.27. The summed E-state index contributed by atoms with van der Waals surface area (Å²) in [5.41, 5.74) is 6.05. The van der Waals surface area contributed by atoms with E-state index in [1.807, 2.05) is 20.9 Å². The van der Waals surface area contributed by atoms with Gasteiger partial charge in [-0.2, -0.15) is 13.2 Å². The van der Waals surface area contributed by atoms with Crippen LogP contribution in [0.2, 0.25) is 0 Å². The van der Waals surface area contributed by atoms with E-state index in [9.17, 15) is 13.2 Å². The monoisotopic (exact) mass is 260 g/mol. The molecule has 1 aromatic carbocycles. The number of nitrogens with zero attached hydrogens (tertiary/aromatic N) is 1. The Labute approximate surface area is 106 Å². The van der Waals surface area contributed by atoms with Crippen LogP contribution >= 0.6 is 0 Å². The van der Waals surface area contributed by atoms with Gasteiger partial charge in [0.15, 0.2) is 0 Å². The van der Waals surface area contributed by atoms with Gasteiger partial charge in [0.1, 0.15) is 0 Å².